The fraction of sp³-hybridized carbons (Fsp3) is 0.421. The molecule has 2 aromatic rings. The number of aryl methyl sites for hydroxylation is 1. The summed E-state index contributed by atoms with van der Waals surface area (Å²) in [6.45, 7) is 4.27. The van der Waals surface area contributed by atoms with Gasteiger partial charge in [-0.3, -0.25) is 9.48 Å². The van der Waals surface area contributed by atoms with Gasteiger partial charge in [0.25, 0.3) is 0 Å². The lowest BCUT2D eigenvalue weighted by atomic mass is 10.2. The molecule has 28 heavy (non-hydrogen) atoms. The van der Waals surface area contributed by atoms with Gasteiger partial charge in [-0.05, 0) is 51.0 Å². The summed E-state index contributed by atoms with van der Waals surface area (Å²) in [5, 5.41) is 15.8. The molecule has 1 aromatic carbocycles. The van der Waals surface area contributed by atoms with Crippen molar-refractivity contribution < 1.29 is 13.2 Å². The van der Waals surface area contributed by atoms with E-state index in [0.29, 0.717) is 35.7 Å². The predicted molar refractivity (Wildman–Crippen MR) is 104 cm³/mol. The molecule has 1 aliphatic rings. The van der Waals surface area contributed by atoms with E-state index in [-0.39, 0.29) is 17.3 Å². The summed E-state index contributed by atoms with van der Waals surface area (Å²) >= 11 is 0. The first-order chi connectivity index (χ1) is 13.3. The van der Waals surface area contributed by atoms with Gasteiger partial charge in [0.1, 0.15) is 11.4 Å². The molecule has 9 heteroatoms. The third-order valence-electron chi connectivity index (χ3n) is 4.82. The smallest absolute Gasteiger partial charge is 0.246 e. The number of hydrogen-bond acceptors (Lipinski definition) is 5. The second-order valence-electron chi connectivity index (χ2n) is 6.86. The van der Waals surface area contributed by atoms with Crippen molar-refractivity contribution in [2.45, 2.75) is 44.6 Å². The Morgan fingerprint density at radius 1 is 1.18 bits per heavy atom. The molecule has 0 spiro atoms. The van der Waals surface area contributed by atoms with Gasteiger partial charge in [-0.15, -0.1) is 0 Å². The zero-order valence-electron chi connectivity index (χ0n) is 16.0. The van der Waals surface area contributed by atoms with E-state index in [1.54, 1.807) is 38.1 Å². The van der Waals surface area contributed by atoms with Crippen LogP contribution in [0.5, 0.6) is 0 Å². The van der Waals surface area contributed by atoms with Crippen molar-refractivity contribution in [2.75, 3.05) is 18.4 Å². The van der Waals surface area contributed by atoms with Crippen LogP contribution in [0.4, 0.5) is 5.69 Å². The fourth-order valence-corrected chi connectivity index (χ4v) is 5.30. The van der Waals surface area contributed by atoms with Gasteiger partial charge in [0, 0.05) is 18.8 Å². The highest BCUT2D eigenvalue weighted by molar-refractivity contribution is 7.89. The lowest BCUT2D eigenvalue weighted by molar-refractivity contribution is -0.116. The van der Waals surface area contributed by atoms with E-state index in [9.17, 15) is 13.2 Å². The summed E-state index contributed by atoms with van der Waals surface area (Å²) in [5.41, 5.74) is 1.92. The average Bonchev–Trinajstić information content (AvgIpc) is 2.96. The van der Waals surface area contributed by atoms with Crippen LogP contribution < -0.4 is 5.32 Å². The number of benzene rings is 1. The van der Waals surface area contributed by atoms with E-state index in [0.717, 1.165) is 19.3 Å². The number of sulfonamides is 1. The average molecular weight is 401 g/mol. The SMILES string of the molecule is Cc1nn(CC(=O)Nc2ccc(C#N)cc2)c(C)c1S(=O)(=O)N1CCCCC1. The van der Waals surface area contributed by atoms with Gasteiger partial charge < -0.3 is 5.32 Å². The lowest BCUT2D eigenvalue weighted by Gasteiger charge is -2.25. The second-order valence-corrected chi connectivity index (χ2v) is 8.73. The van der Waals surface area contributed by atoms with Gasteiger partial charge in [-0.2, -0.15) is 14.7 Å². The van der Waals surface area contributed by atoms with E-state index in [1.807, 2.05) is 6.07 Å². The van der Waals surface area contributed by atoms with Crippen molar-refractivity contribution in [1.29, 1.82) is 5.26 Å². The summed E-state index contributed by atoms with van der Waals surface area (Å²) in [7, 11) is -3.62. The first kappa shape index (κ1) is 20.0. The van der Waals surface area contributed by atoms with Gasteiger partial charge in [0.15, 0.2) is 0 Å². The highest BCUT2D eigenvalue weighted by Crippen LogP contribution is 2.26. The lowest BCUT2D eigenvalue weighted by Crippen LogP contribution is -2.36. The summed E-state index contributed by atoms with van der Waals surface area (Å²) in [5.74, 6) is -0.322. The number of carbonyl (C=O) groups is 1. The number of piperidine rings is 1. The molecule has 0 unspecified atom stereocenters. The monoisotopic (exact) mass is 401 g/mol. The van der Waals surface area contributed by atoms with Crippen LogP contribution in [-0.4, -0.2) is 41.5 Å². The minimum Gasteiger partial charge on any atom is -0.324 e. The molecule has 1 saturated heterocycles. The molecule has 1 amide bonds. The zero-order valence-corrected chi connectivity index (χ0v) is 16.8. The van der Waals surface area contributed by atoms with Gasteiger partial charge in [-0.25, -0.2) is 8.42 Å². The van der Waals surface area contributed by atoms with E-state index in [1.165, 1.54) is 8.99 Å². The number of rotatable bonds is 5. The van der Waals surface area contributed by atoms with E-state index < -0.39 is 10.0 Å². The number of nitrogens with zero attached hydrogens (tertiary/aromatic N) is 4. The molecule has 1 fully saturated rings. The number of nitriles is 1. The van der Waals surface area contributed by atoms with Crippen molar-refractivity contribution in [3.63, 3.8) is 0 Å². The Kier molecular flexibility index (Phi) is 5.82. The number of nitrogens with one attached hydrogen (secondary N) is 1. The van der Waals surface area contributed by atoms with Gasteiger partial charge in [0.05, 0.1) is 23.0 Å². The molecule has 148 valence electrons. The molecule has 0 aliphatic carbocycles. The Hall–Kier alpha value is -2.70. The van der Waals surface area contributed by atoms with Crippen LogP contribution >= 0.6 is 0 Å². The maximum absolute atomic E-state index is 13.0. The fourth-order valence-electron chi connectivity index (χ4n) is 3.41. The van der Waals surface area contributed by atoms with Crippen LogP contribution in [0, 0.1) is 25.2 Å². The van der Waals surface area contributed by atoms with Gasteiger partial charge in [-0.1, -0.05) is 6.42 Å². The Balaban J connectivity index is 1.77. The third-order valence-corrected chi connectivity index (χ3v) is 6.97. The highest BCUT2D eigenvalue weighted by Gasteiger charge is 2.31. The van der Waals surface area contributed by atoms with Crippen molar-refractivity contribution in [3.05, 3.63) is 41.2 Å². The molecule has 8 nitrogen and oxygen atoms in total. The number of hydrogen-bond donors (Lipinski definition) is 1. The molecule has 2 heterocycles. The topological polar surface area (TPSA) is 108 Å². The van der Waals surface area contributed by atoms with Crippen LogP contribution in [-0.2, 0) is 21.4 Å². The van der Waals surface area contributed by atoms with E-state index in [4.69, 9.17) is 5.26 Å². The quantitative estimate of drug-likeness (QED) is 0.826. The number of aromatic nitrogens is 2. The molecule has 0 saturated carbocycles. The van der Waals surface area contributed by atoms with Crippen LogP contribution in [0.1, 0.15) is 36.2 Å². The van der Waals surface area contributed by atoms with Crippen LogP contribution in [0.15, 0.2) is 29.2 Å². The standard InChI is InChI=1S/C19H23N5O3S/c1-14-19(28(26,27)23-10-4-3-5-11-23)15(2)24(22-14)13-18(25)21-17-8-6-16(12-20)7-9-17/h6-9H,3-5,10-11,13H2,1-2H3,(H,21,25). The minimum absolute atomic E-state index is 0.0950. The Morgan fingerprint density at radius 3 is 2.43 bits per heavy atom. The Bertz CT molecular complexity index is 1010. The minimum atomic E-state index is -3.62. The molecular formula is C19H23N5O3S. The largest absolute Gasteiger partial charge is 0.324 e. The highest BCUT2D eigenvalue weighted by atomic mass is 32.2. The second kappa shape index (κ2) is 8.12. The van der Waals surface area contributed by atoms with Crippen molar-refractivity contribution >= 4 is 21.6 Å². The first-order valence-corrected chi connectivity index (χ1v) is 10.6. The van der Waals surface area contributed by atoms with Crippen molar-refractivity contribution in [1.82, 2.24) is 14.1 Å². The molecule has 3 rings (SSSR count). The summed E-state index contributed by atoms with van der Waals surface area (Å²) in [6, 6.07) is 8.53. The Morgan fingerprint density at radius 2 is 1.82 bits per heavy atom. The number of carbonyl (C=O) groups excluding carboxylic acids is 1. The summed E-state index contributed by atoms with van der Waals surface area (Å²) in [4.78, 5) is 12.6. The maximum atomic E-state index is 13.0. The van der Waals surface area contributed by atoms with Gasteiger partial charge in [0.2, 0.25) is 15.9 Å². The molecule has 1 aromatic heterocycles. The normalized spacial score (nSPS) is 15.2. The maximum Gasteiger partial charge on any atom is 0.246 e. The van der Waals surface area contributed by atoms with Crippen LogP contribution in [0.25, 0.3) is 0 Å². The number of amides is 1. The first-order valence-electron chi connectivity index (χ1n) is 9.17. The van der Waals surface area contributed by atoms with Crippen LogP contribution in [0.3, 0.4) is 0 Å². The van der Waals surface area contributed by atoms with Gasteiger partial charge >= 0.3 is 0 Å². The summed E-state index contributed by atoms with van der Waals surface area (Å²) in [6.07, 6.45) is 2.76. The molecular weight excluding hydrogens is 378 g/mol. The third kappa shape index (κ3) is 4.08. The molecule has 0 atom stereocenters. The van der Waals surface area contributed by atoms with Crippen molar-refractivity contribution in [3.8, 4) is 6.07 Å². The molecule has 0 bridgehead atoms. The summed E-state index contributed by atoms with van der Waals surface area (Å²) < 4.78 is 29.0. The molecule has 1 aliphatic heterocycles. The Labute approximate surface area is 164 Å². The molecule has 1 N–H and O–H groups in total. The van der Waals surface area contributed by atoms with E-state index in [2.05, 4.69) is 10.4 Å². The zero-order chi connectivity index (χ0) is 20.3. The van der Waals surface area contributed by atoms with Crippen molar-refractivity contribution in [2.24, 2.45) is 0 Å². The van der Waals surface area contributed by atoms with Crippen LogP contribution in [0.2, 0.25) is 0 Å². The number of anilines is 1. The van der Waals surface area contributed by atoms with E-state index >= 15 is 0 Å². The predicted octanol–water partition coefficient (Wildman–Crippen LogP) is 2.18. The molecule has 0 radical (unpaired) electrons.